The molecule has 0 aliphatic carbocycles. The van der Waals surface area contributed by atoms with Gasteiger partial charge in [0.25, 0.3) is 0 Å². The summed E-state index contributed by atoms with van der Waals surface area (Å²) in [7, 11) is 0. The van der Waals surface area contributed by atoms with Crippen LogP contribution in [0.4, 0.5) is 0 Å². The van der Waals surface area contributed by atoms with Crippen molar-refractivity contribution in [3.63, 3.8) is 0 Å². The number of benzene rings is 2. The van der Waals surface area contributed by atoms with Crippen molar-refractivity contribution in [2.45, 2.75) is 19.3 Å². The minimum atomic E-state index is -0.183. The number of phenols is 2. The van der Waals surface area contributed by atoms with Gasteiger partial charge in [-0.2, -0.15) is 12.1 Å². The van der Waals surface area contributed by atoms with E-state index in [2.05, 4.69) is 19.9 Å². The Bertz CT molecular complexity index is 454. The Hall–Kier alpha value is -1.34. The molecule has 0 radical (unpaired) electrons. The van der Waals surface area contributed by atoms with Crippen molar-refractivity contribution < 1.29 is 29.7 Å². The van der Waals surface area contributed by atoms with Crippen LogP contribution >= 0.6 is 0 Å². The number of rotatable bonds is 2. The number of aromatic hydroxyl groups is 2. The van der Waals surface area contributed by atoms with Crippen LogP contribution in [0.3, 0.4) is 0 Å². The van der Waals surface area contributed by atoms with Crippen molar-refractivity contribution in [1.82, 2.24) is 0 Å². The van der Waals surface area contributed by atoms with Crippen molar-refractivity contribution in [2.75, 3.05) is 0 Å². The predicted molar refractivity (Wildman–Crippen MR) is 67.2 cm³/mol. The standard InChI is InChI=1S/C15H15O2.Zn/c1-15(2,11-3-7-13(16)8-4-11)12-5-9-14(17)10-6-12;/h3-9,16-17H,1-2H3;/q-1;. The van der Waals surface area contributed by atoms with Gasteiger partial charge >= 0.3 is 0 Å². The summed E-state index contributed by atoms with van der Waals surface area (Å²) in [5, 5.41) is 18.5. The molecule has 0 spiro atoms. The molecule has 2 aromatic rings. The van der Waals surface area contributed by atoms with E-state index in [9.17, 15) is 10.2 Å². The van der Waals surface area contributed by atoms with Gasteiger partial charge < -0.3 is 10.2 Å². The van der Waals surface area contributed by atoms with Crippen LogP contribution in [0.25, 0.3) is 0 Å². The van der Waals surface area contributed by atoms with Crippen LogP contribution < -0.4 is 0 Å². The van der Waals surface area contributed by atoms with E-state index in [1.54, 1.807) is 24.3 Å². The minimum Gasteiger partial charge on any atom is -0.534 e. The molecule has 2 aromatic carbocycles. The van der Waals surface area contributed by atoms with Crippen LogP contribution in [-0.4, -0.2) is 10.2 Å². The summed E-state index contributed by atoms with van der Waals surface area (Å²) in [4.78, 5) is 0. The number of hydrogen-bond donors (Lipinski definition) is 2. The SMILES string of the molecule is CC(C)(c1c[c-]c(O)cc1)c1ccc(O)cc1.[Zn]. The van der Waals surface area contributed by atoms with Crippen LogP contribution in [0, 0.1) is 6.07 Å². The Kier molecular flexibility index (Phi) is 4.53. The smallest absolute Gasteiger partial charge is 0.115 e. The van der Waals surface area contributed by atoms with Crippen LogP contribution in [0.1, 0.15) is 25.0 Å². The molecule has 3 heteroatoms. The van der Waals surface area contributed by atoms with Crippen LogP contribution in [0.2, 0.25) is 0 Å². The van der Waals surface area contributed by atoms with Crippen molar-refractivity contribution in [3.05, 3.63) is 59.7 Å². The second-order valence-corrected chi connectivity index (χ2v) is 4.63. The Balaban J connectivity index is 0.00000162. The first-order valence-corrected chi connectivity index (χ1v) is 5.51. The molecule has 0 amide bonds. The molecule has 0 atom stereocenters. The van der Waals surface area contributed by atoms with Gasteiger partial charge in [-0.05, 0) is 23.1 Å². The second-order valence-electron chi connectivity index (χ2n) is 4.63. The van der Waals surface area contributed by atoms with Gasteiger partial charge in [0.2, 0.25) is 0 Å². The quantitative estimate of drug-likeness (QED) is 0.659. The zero-order valence-electron chi connectivity index (χ0n) is 10.6. The fourth-order valence-corrected chi connectivity index (χ4v) is 1.85. The summed E-state index contributed by atoms with van der Waals surface area (Å²) in [6, 6.07) is 15.3. The van der Waals surface area contributed by atoms with Gasteiger partial charge in [0.15, 0.2) is 0 Å². The minimum absolute atomic E-state index is 0. The third-order valence-corrected chi connectivity index (χ3v) is 3.11. The Morgan fingerprint density at radius 3 is 1.94 bits per heavy atom. The Morgan fingerprint density at radius 2 is 1.44 bits per heavy atom. The molecule has 0 aliphatic rings. The summed E-state index contributed by atoms with van der Waals surface area (Å²) >= 11 is 0. The van der Waals surface area contributed by atoms with Crippen LogP contribution in [-0.2, 0) is 24.9 Å². The van der Waals surface area contributed by atoms with Gasteiger partial charge in [0.05, 0.1) is 0 Å². The van der Waals surface area contributed by atoms with Gasteiger partial charge in [0.1, 0.15) is 5.75 Å². The summed E-state index contributed by atoms with van der Waals surface area (Å²) in [6.07, 6.45) is 0. The molecule has 2 N–H and O–H groups in total. The first-order valence-electron chi connectivity index (χ1n) is 5.51. The molecule has 0 bridgehead atoms. The fraction of sp³-hybridized carbons (Fsp3) is 0.200. The monoisotopic (exact) mass is 291 g/mol. The van der Waals surface area contributed by atoms with Gasteiger partial charge in [-0.1, -0.05) is 26.0 Å². The molecule has 90 valence electrons. The van der Waals surface area contributed by atoms with E-state index in [4.69, 9.17) is 0 Å². The Morgan fingerprint density at radius 1 is 0.889 bits per heavy atom. The third kappa shape index (κ3) is 2.91. The molecule has 0 fully saturated rings. The van der Waals surface area contributed by atoms with Crippen molar-refractivity contribution in [2.24, 2.45) is 0 Å². The van der Waals surface area contributed by atoms with Gasteiger partial charge in [-0.25, -0.2) is 0 Å². The summed E-state index contributed by atoms with van der Waals surface area (Å²) < 4.78 is 0. The summed E-state index contributed by atoms with van der Waals surface area (Å²) in [5.41, 5.74) is 1.99. The van der Waals surface area contributed by atoms with E-state index < -0.39 is 0 Å². The van der Waals surface area contributed by atoms with Crippen molar-refractivity contribution in [3.8, 4) is 11.5 Å². The fourth-order valence-electron chi connectivity index (χ4n) is 1.85. The first-order chi connectivity index (χ1) is 8.00. The van der Waals surface area contributed by atoms with Crippen molar-refractivity contribution >= 4 is 0 Å². The zero-order valence-corrected chi connectivity index (χ0v) is 13.6. The van der Waals surface area contributed by atoms with E-state index in [-0.39, 0.29) is 36.4 Å². The maximum Gasteiger partial charge on any atom is 0.115 e. The Labute approximate surface area is 120 Å². The van der Waals surface area contributed by atoms with Crippen LogP contribution in [0.15, 0.2) is 42.5 Å². The molecule has 0 saturated carbocycles. The molecular weight excluding hydrogens is 278 g/mol. The normalized spacial score (nSPS) is 10.8. The predicted octanol–water partition coefficient (Wildman–Crippen LogP) is 3.22. The number of phenolic OH excluding ortho intramolecular Hbond substituents is 2. The second kappa shape index (κ2) is 5.54. The van der Waals surface area contributed by atoms with E-state index in [1.807, 2.05) is 18.2 Å². The molecular formula is C15H15O2Zn-. The number of hydrogen-bond acceptors (Lipinski definition) is 2. The zero-order chi connectivity index (χ0) is 12.5. The van der Waals surface area contributed by atoms with Gasteiger partial charge in [0, 0.05) is 25.2 Å². The third-order valence-electron chi connectivity index (χ3n) is 3.11. The van der Waals surface area contributed by atoms with Gasteiger partial charge in [-0.3, -0.25) is 0 Å². The molecule has 18 heavy (non-hydrogen) atoms. The maximum absolute atomic E-state index is 9.29. The molecule has 0 saturated heterocycles. The molecule has 0 heterocycles. The molecule has 2 nitrogen and oxygen atoms in total. The van der Waals surface area contributed by atoms with E-state index in [1.165, 1.54) is 0 Å². The topological polar surface area (TPSA) is 40.5 Å². The largest absolute Gasteiger partial charge is 0.534 e. The van der Waals surface area contributed by atoms with E-state index in [0.717, 1.165) is 11.1 Å². The van der Waals surface area contributed by atoms with Crippen molar-refractivity contribution in [1.29, 1.82) is 0 Å². The maximum atomic E-state index is 9.29. The van der Waals surface area contributed by atoms with E-state index in [0.29, 0.717) is 0 Å². The van der Waals surface area contributed by atoms with E-state index >= 15 is 0 Å². The average molecular weight is 293 g/mol. The molecule has 2 rings (SSSR count). The van der Waals surface area contributed by atoms with Crippen LogP contribution in [0.5, 0.6) is 11.5 Å². The van der Waals surface area contributed by atoms with Gasteiger partial charge in [-0.15, -0.1) is 17.7 Å². The molecule has 0 unspecified atom stereocenters. The first kappa shape index (κ1) is 14.7. The summed E-state index contributed by atoms with van der Waals surface area (Å²) in [6.45, 7) is 4.19. The summed E-state index contributed by atoms with van der Waals surface area (Å²) in [5.74, 6) is 0.414. The molecule has 0 aliphatic heterocycles. The average Bonchev–Trinajstić information content (AvgIpc) is 2.30. The molecule has 0 aromatic heterocycles.